The van der Waals surface area contributed by atoms with Gasteiger partial charge in [0.15, 0.2) is 0 Å². The van der Waals surface area contributed by atoms with E-state index >= 15 is 0 Å². The van der Waals surface area contributed by atoms with Crippen LogP contribution in [-0.2, 0) is 0 Å². The van der Waals surface area contributed by atoms with E-state index < -0.39 is 0 Å². The Balaban J connectivity index is 1.07. The minimum Gasteiger partial charge on any atom is -0.311 e. The van der Waals surface area contributed by atoms with E-state index in [9.17, 15) is 5.48 Å². The quantitative estimate of drug-likeness (QED) is 0.139. The molecule has 0 fully saturated rings. The smallest absolute Gasteiger partial charge is 0.0645 e. The Morgan fingerprint density at radius 2 is 0.770 bits per heavy atom. The molecule has 0 aromatic heterocycles. The lowest BCUT2D eigenvalue weighted by atomic mass is 9.90. The number of rotatable bonds is 8. The Bertz CT molecular complexity index is 3540. The first-order valence-corrected chi connectivity index (χ1v) is 20.7. The predicted molar refractivity (Wildman–Crippen MR) is 261 cm³/mol. The van der Waals surface area contributed by atoms with Crippen molar-refractivity contribution in [2.24, 2.45) is 0 Å². The summed E-state index contributed by atoms with van der Waals surface area (Å²) < 4.78 is 38.3. The van der Waals surface area contributed by atoms with Crippen molar-refractivity contribution in [3.63, 3.8) is 0 Å². The molecule has 0 aliphatic heterocycles. The average molecular weight is 780 g/mol. The molecule has 0 spiro atoms. The summed E-state index contributed by atoms with van der Waals surface area (Å²) >= 11 is 0. The van der Waals surface area contributed by atoms with E-state index in [0.717, 1.165) is 60.7 Å². The monoisotopic (exact) mass is 779 g/mol. The molecule has 0 N–H and O–H groups in total. The summed E-state index contributed by atoms with van der Waals surface area (Å²) in [7, 11) is 0. The molecule has 0 radical (unpaired) electrons. The Morgan fingerprint density at radius 1 is 0.262 bits per heavy atom. The van der Waals surface area contributed by atoms with Gasteiger partial charge in [-0.25, -0.2) is 0 Å². The molecule has 11 rings (SSSR count). The normalized spacial score (nSPS) is 12.2. The maximum absolute atomic E-state index is 9.66. The summed E-state index contributed by atoms with van der Waals surface area (Å²) in [6.07, 6.45) is 0. The summed E-state index contributed by atoms with van der Waals surface area (Å²) in [6.45, 7) is 0. The van der Waals surface area contributed by atoms with Crippen molar-refractivity contribution in [1.29, 1.82) is 0 Å². The molecule has 0 saturated carbocycles. The van der Waals surface area contributed by atoms with Crippen molar-refractivity contribution < 1.29 is 5.48 Å². The first kappa shape index (κ1) is 31.9. The highest BCUT2D eigenvalue weighted by molar-refractivity contribution is 6.14. The van der Waals surface area contributed by atoms with Crippen LogP contribution in [0.25, 0.3) is 88.0 Å². The van der Waals surface area contributed by atoms with Gasteiger partial charge in [-0.3, -0.25) is 0 Å². The standard InChI is InChI=1S/C60H41N/c1-3-14-42(15-4-1)48-20-13-21-49(40-48)43-26-33-51(34-27-43)61(53-37-30-46(31-38-53)59-41-50-19-8-9-22-54(50)57-24-11-12-25-58(57)59)52-35-28-45(29-36-52)56-39-32-44-16-7-10-23-55(44)60(56)47-17-5-2-6-18-47/h1-41H/i26D,27D,33D,34D. The Kier molecular flexibility index (Phi) is 8.18. The average Bonchev–Trinajstić information content (AvgIpc) is 3.37. The molecule has 0 aliphatic carbocycles. The molecular weight excluding hydrogens is 735 g/mol. The van der Waals surface area contributed by atoms with Gasteiger partial charge in [0, 0.05) is 17.1 Å². The molecule has 0 atom stereocenters. The van der Waals surface area contributed by atoms with E-state index in [1.54, 1.807) is 0 Å². The number of anilines is 3. The van der Waals surface area contributed by atoms with Gasteiger partial charge in [0.1, 0.15) is 0 Å². The maximum atomic E-state index is 9.66. The maximum Gasteiger partial charge on any atom is 0.0645 e. The lowest BCUT2D eigenvalue weighted by Gasteiger charge is -2.26. The van der Waals surface area contributed by atoms with Crippen molar-refractivity contribution in [3.8, 4) is 55.6 Å². The topological polar surface area (TPSA) is 3.24 Å². The number of fused-ring (bicyclic) bond motifs is 4. The molecule has 1 nitrogen and oxygen atoms in total. The van der Waals surface area contributed by atoms with Crippen molar-refractivity contribution in [2.75, 3.05) is 4.90 Å². The number of hydrogen-bond acceptors (Lipinski definition) is 1. The van der Waals surface area contributed by atoms with E-state index in [1.807, 2.05) is 89.8 Å². The van der Waals surface area contributed by atoms with E-state index in [2.05, 4.69) is 140 Å². The van der Waals surface area contributed by atoms with Crippen LogP contribution in [-0.4, -0.2) is 0 Å². The van der Waals surface area contributed by atoms with Crippen LogP contribution < -0.4 is 4.90 Å². The first-order chi connectivity index (χ1) is 31.9. The molecule has 0 heterocycles. The molecule has 0 amide bonds. The van der Waals surface area contributed by atoms with Crippen LogP contribution in [0.2, 0.25) is 0 Å². The lowest BCUT2D eigenvalue weighted by molar-refractivity contribution is 1.28. The number of nitrogens with zero attached hydrogens (tertiary/aromatic N) is 1. The fourth-order valence-corrected chi connectivity index (χ4v) is 8.76. The van der Waals surface area contributed by atoms with E-state index in [0.29, 0.717) is 16.9 Å². The van der Waals surface area contributed by atoms with Crippen LogP contribution in [0, 0.1) is 0 Å². The van der Waals surface area contributed by atoms with E-state index in [-0.39, 0.29) is 35.4 Å². The zero-order valence-corrected chi connectivity index (χ0v) is 33.3. The van der Waals surface area contributed by atoms with Crippen LogP contribution in [0.4, 0.5) is 17.1 Å². The minimum absolute atomic E-state index is 0.101. The van der Waals surface area contributed by atoms with Crippen molar-refractivity contribution >= 4 is 49.4 Å². The van der Waals surface area contributed by atoms with Gasteiger partial charge in [-0.1, -0.05) is 200 Å². The molecule has 0 aliphatic rings. The molecule has 61 heavy (non-hydrogen) atoms. The predicted octanol–water partition coefficient (Wildman–Crippen LogP) is 17.0. The van der Waals surface area contributed by atoms with Gasteiger partial charge in [0.25, 0.3) is 0 Å². The molecule has 286 valence electrons. The largest absolute Gasteiger partial charge is 0.311 e. The van der Waals surface area contributed by atoms with E-state index in [1.165, 1.54) is 16.2 Å². The van der Waals surface area contributed by atoms with Crippen molar-refractivity contribution in [2.45, 2.75) is 0 Å². The van der Waals surface area contributed by atoms with Gasteiger partial charge < -0.3 is 4.90 Å². The molecule has 0 saturated heterocycles. The van der Waals surface area contributed by atoms with Crippen LogP contribution >= 0.6 is 0 Å². The first-order valence-electron chi connectivity index (χ1n) is 22.7. The second kappa shape index (κ2) is 15.6. The third kappa shape index (κ3) is 6.83. The van der Waals surface area contributed by atoms with Gasteiger partial charge >= 0.3 is 0 Å². The van der Waals surface area contributed by atoms with Gasteiger partial charge in [-0.15, -0.1) is 0 Å². The van der Waals surface area contributed by atoms with Crippen LogP contribution in [0.3, 0.4) is 0 Å². The molecule has 0 unspecified atom stereocenters. The third-order valence-electron chi connectivity index (χ3n) is 11.7. The summed E-state index contributed by atoms with van der Waals surface area (Å²) in [4.78, 5) is 1.87. The number of benzene rings is 11. The Labute approximate surface area is 362 Å². The molecule has 11 aromatic carbocycles. The fraction of sp³-hybridized carbons (Fsp3) is 0. The summed E-state index contributed by atoms with van der Waals surface area (Å²) in [5.41, 5.74) is 11.0. The lowest BCUT2D eigenvalue weighted by Crippen LogP contribution is -2.09. The Hall–Kier alpha value is -8.00. The van der Waals surface area contributed by atoms with Gasteiger partial charge in [0.2, 0.25) is 0 Å². The van der Waals surface area contributed by atoms with Crippen molar-refractivity contribution in [3.05, 3.63) is 249 Å². The van der Waals surface area contributed by atoms with Crippen LogP contribution in [0.5, 0.6) is 0 Å². The van der Waals surface area contributed by atoms with Gasteiger partial charge in [-0.05, 0) is 136 Å². The number of hydrogen-bond donors (Lipinski definition) is 0. The highest BCUT2D eigenvalue weighted by Crippen LogP contribution is 2.42. The second-order valence-corrected chi connectivity index (χ2v) is 15.4. The van der Waals surface area contributed by atoms with E-state index in [4.69, 9.17) is 0 Å². The zero-order chi connectivity index (χ0) is 44.0. The molecule has 0 bridgehead atoms. The molecular formula is C60H41N. The second-order valence-electron chi connectivity index (χ2n) is 15.4. The van der Waals surface area contributed by atoms with Gasteiger partial charge in [-0.2, -0.15) is 0 Å². The van der Waals surface area contributed by atoms with Crippen molar-refractivity contribution in [1.82, 2.24) is 0 Å². The Morgan fingerprint density at radius 3 is 1.44 bits per heavy atom. The minimum atomic E-state index is -0.124. The summed E-state index contributed by atoms with van der Waals surface area (Å²) in [5.74, 6) is 0. The highest BCUT2D eigenvalue weighted by Gasteiger charge is 2.17. The molecule has 1 heteroatoms. The third-order valence-corrected chi connectivity index (χ3v) is 11.7. The van der Waals surface area contributed by atoms with Crippen LogP contribution in [0.15, 0.2) is 249 Å². The van der Waals surface area contributed by atoms with Crippen LogP contribution in [0.1, 0.15) is 5.48 Å². The zero-order valence-electron chi connectivity index (χ0n) is 37.3. The SMILES string of the molecule is [2H]c1c([2H])c(N(c2ccc(-c3ccc4ccccc4c3-c3ccccc3)cc2)c2ccc(-c3cc4ccccc4c4ccccc34)cc2)c([2H])c([2H])c1-c1cccc(-c2ccccc2)c1. The molecule has 11 aromatic rings. The summed E-state index contributed by atoms with van der Waals surface area (Å²) in [6, 6.07) is 76.2. The highest BCUT2D eigenvalue weighted by atomic mass is 15.1. The summed E-state index contributed by atoms with van der Waals surface area (Å²) in [5, 5.41) is 7.03. The fourth-order valence-electron chi connectivity index (χ4n) is 8.76. The van der Waals surface area contributed by atoms with Gasteiger partial charge in [0.05, 0.1) is 5.48 Å².